The third-order valence-corrected chi connectivity index (χ3v) is 17.4. The molecule has 0 radical (unpaired) electrons. The Balaban J connectivity index is 2.26. The smallest absolute Gasteiger partial charge is 0.305 e. The molecular formula is C59H116O8S2. The van der Waals surface area contributed by atoms with Crippen molar-refractivity contribution in [2.24, 2.45) is 47.3 Å². The highest BCUT2D eigenvalue weighted by atomic mass is 33.1. The number of carbonyl (C=O) groups is 1. The van der Waals surface area contributed by atoms with Crippen molar-refractivity contribution in [1.82, 2.24) is 0 Å². The third-order valence-electron chi connectivity index (χ3n) is 14.3. The molecule has 1 rings (SSSR count). The molecule has 412 valence electrons. The minimum absolute atomic E-state index is 0.0734. The van der Waals surface area contributed by atoms with Crippen molar-refractivity contribution in [1.29, 1.82) is 0 Å². The van der Waals surface area contributed by atoms with E-state index >= 15 is 0 Å². The number of ether oxygens (including phenoxy) is 7. The summed E-state index contributed by atoms with van der Waals surface area (Å²) in [5, 5.41) is 0.767. The van der Waals surface area contributed by atoms with E-state index in [-0.39, 0.29) is 12.1 Å². The lowest BCUT2D eigenvalue weighted by Gasteiger charge is -2.21. The van der Waals surface area contributed by atoms with E-state index in [1.54, 1.807) is 0 Å². The fourth-order valence-corrected chi connectivity index (χ4v) is 12.3. The predicted molar refractivity (Wildman–Crippen MR) is 299 cm³/mol. The normalized spacial score (nSPS) is 17.4. The first kappa shape index (κ1) is 66.9. The molecule has 1 aliphatic heterocycles. The minimum atomic E-state index is -0.125. The van der Waals surface area contributed by atoms with Crippen LogP contribution in [0.4, 0.5) is 0 Å². The Labute approximate surface area is 437 Å². The summed E-state index contributed by atoms with van der Waals surface area (Å²) in [5.41, 5.74) is 0. The second kappa shape index (κ2) is 47.6. The van der Waals surface area contributed by atoms with Crippen LogP contribution in [0.25, 0.3) is 0 Å². The highest BCUT2D eigenvalue weighted by Gasteiger charge is 2.17. The second-order valence-electron chi connectivity index (χ2n) is 22.9. The Kier molecular flexibility index (Phi) is 46.2. The lowest BCUT2D eigenvalue weighted by Crippen LogP contribution is -2.28. The quantitative estimate of drug-likeness (QED) is 0.0334. The molecule has 0 aromatic rings. The number of esters is 1. The molecule has 1 saturated heterocycles. The van der Waals surface area contributed by atoms with Gasteiger partial charge >= 0.3 is 5.97 Å². The molecular weight excluding hydrogens is 901 g/mol. The van der Waals surface area contributed by atoms with Gasteiger partial charge in [-0.15, -0.1) is 0 Å². The zero-order chi connectivity index (χ0) is 50.6. The van der Waals surface area contributed by atoms with Gasteiger partial charge in [-0.25, -0.2) is 0 Å². The molecule has 0 bridgehead atoms. The van der Waals surface area contributed by atoms with E-state index in [4.69, 9.17) is 33.2 Å². The Bertz CT molecular complexity index is 1090. The summed E-state index contributed by atoms with van der Waals surface area (Å²) in [4.78, 5) is 12.0. The standard InChI is InChI=1S/C59H116O8S2/c1-49(2)19-13-21-51(5)23-15-25-53(7)27-17-29-55(9)33-36-64-47-57(66-37-34-56(10)30-18-28-54(8)26-16-24-52(6)22-14-20-50(3)4)48-65-43-42-62-39-38-61-40-41-63-44-45-67-59(60)32-12-11-31-58-35-46-68-69-58/h49-58H,11-48H2,1-10H3/t51-,52-,53-,54-,55+,56+,57+,58?/m1/s1. The van der Waals surface area contributed by atoms with Crippen LogP contribution in [0.5, 0.6) is 0 Å². The summed E-state index contributed by atoms with van der Waals surface area (Å²) in [7, 11) is 3.97. The van der Waals surface area contributed by atoms with Crippen molar-refractivity contribution in [3.63, 3.8) is 0 Å². The van der Waals surface area contributed by atoms with Crippen molar-refractivity contribution in [2.75, 3.05) is 85.0 Å². The fraction of sp³-hybridized carbons (Fsp3) is 0.983. The van der Waals surface area contributed by atoms with Crippen LogP contribution in [0.3, 0.4) is 0 Å². The molecule has 1 fully saturated rings. The van der Waals surface area contributed by atoms with Gasteiger partial charge in [-0.05, 0) is 79.4 Å². The largest absolute Gasteiger partial charge is 0.463 e. The van der Waals surface area contributed by atoms with E-state index in [1.165, 1.54) is 134 Å². The van der Waals surface area contributed by atoms with Crippen LogP contribution < -0.4 is 0 Å². The van der Waals surface area contributed by atoms with Gasteiger partial charge in [0.25, 0.3) is 0 Å². The fourth-order valence-electron chi connectivity index (χ4n) is 9.32. The molecule has 0 spiro atoms. The zero-order valence-electron chi connectivity index (χ0n) is 47.2. The van der Waals surface area contributed by atoms with Gasteiger partial charge < -0.3 is 33.2 Å². The number of hydrogen-bond acceptors (Lipinski definition) is 10. The van der Waals surface area contributed by atoms with E-state index in [1.807, 2.05) is 21.6 Å². The zero-order valence-corrected chi connectivity index (χ0v) is 48.9. The van der Waals surface area contributed by atoms with Crippen LogP contribution in [0.1, 0.15) is 230 Å². The summed E-state index contributed by atoms with van der Waals surface area (Å²) >= 11 is 0. The van der Waals surface area contributed by atoms with Crippen molar-refractivity contribution >= 4 is 27.6 Å². The van der Waals surface area contributed by atoms with Gasteiger partial charge in [0.1, 0.15) is 12.7 Å². The summed E-state index contributed by atoms with van der Waals surface area (Å²) < 4.78 is 41.0. The highest BCUT2D eigenvalue weighted by molar-refractivity contribution is 8.77. The van der Waals surface area contributed by atoms with Gasteiger partial charge in [0.15, 0.2) is 0 Å². The molecule has 0 aromatic carbocycles. The molecule has 0 saturated carbocycles. The van der Waals surface area contributed by atoms with Gasteiger partial charge in [0, 0.05) is 30.6 Å². The predicted octanol–water partition coefficient (Wildman–Crippen LogP) is 16.6. The van der Waals surface area contributed by atoms with Crippen LogP contribution in [0.15, 0.2) is 0 Å². The first-order valence-corrected chi connectivity index (χ1v) is 31.7. The summed E-state index contributed by atoms with van der Waals surface area (Å²) in [6.07, 6.45) is 31.6. The SMILES string of the molecule is CC(C)CCC[C@@H](C)CCC[C@@H](C)CCC[C@H](C)CCOC[C@@H](COCCOCCOCCOCCOC(=O)CCCCC1CCSS1)OCC[C@@H](C)CCC[C@H](C)CCC[C@H](C)CCCC(C)C. The molecule has 1 aliphatic rings. The molecule has 1 unspecified atom stereocenters. The number of hydrogen-bond donors (Lipinski definition) is 0. The van der Waals surface area contributed by atoms with Gasteiger partial charge in [-0.2, -0.15) is 0 Å². The first-order valence-electron chi connectivity index (χ1n) is 29.3. The molecule has 0 amide bonds. The first-order chi connectivity index (χ1) is 33.3. The van der Waals surface area contributed by atoms with Gasteiger partial charge in [0.2, 0.25) is 0 Å². The van der Waals surface area contributed by atoms with Gasteiger partial charge in [-0.1, -0.05) is 213 Å². The Morgan fingerprint density at radius 3 is 1.22 bits per heavy atom. The topological polar surface area (TPSA) is 81.7 Å². The maximum atomic E-state index is 12.0. The minimum Gasteiger partial charge on any atom is -0.463 e. The van der Waals surface area contributed by atoms with Crippen LogP contribution in [-0.2, 0) is 38.0 Å². The molecule has 0 aromatic heterocycles. The van der Waals surface area contributed by atoms with Gasteiger partial charge in [-0.3, -0.25) is 4.79 Å². The average Bonchev–Trinajstić information content (AvgIpc) is 3.82. The van der Waals surface area contributed by atoms with E-state index < -0.39 is 0 Å². The molecule has 1 heterocycles. The number of carbonyl (C=O) groups excluding carboxylic acids is 1. The lowest BCUT2D eigenvalue weighted by molar-refractivity contribution is -0.145. The monoisotopic (exact) mass is 1020 g/mol. The van der Waals surface area contributed by atoms with E-state index in [0.29, 0.717) is 84.3 Å². The Morgan fingerprint density at radius 2 is 0.797 bits per heavy atom. The summed E-state index contributed by atoms with van der Waals surface area (Å²) in [5.74, 6) is 7.54. The van der Waals surface area contributed by atoms with Gasteiger partial charge in [0.05, 0.1) is 59.5 Å². The van der Waals surface area contributed by atoms with E-state index in [9.17, 15) is 4.79 Å². The average molecular weight is 1020 g/mol. The van der Waals surface area contributed by atoms with Crippen LogP contribution in [-0.4, -0.2) is 102 Å². The highest BCUT2D eigenvalue weighted by Crippen LogP contribution is 2.40. The molecule has 8 nitrogen and oxygen atoms in total. The Morgan fingerprint density at radius 1 is 0.420 bits per heavy atom. The number of rotatable bonds is 52. The van der Waals surface area contributed by atoms with Crippen LogP contribution in [0.2, 0.25) is 0 Å². The maximum absolute atomic E-state index is 12.0. The third kappa shape index (κ3) is 46.2. The van der Waals surface area contributed by atoms with Crippen molar-refractivity contribution in [3.05, 3.63) is 0 Å². The van der Waals surface area contributed by atoms with Crippen molar-refractivity contribution in [2.45, 2.75) is 241 Å². The van der Waals surface area contributed by atoms with Crippen LogP contribution >= 0.6 is 21.6 Å². The van der Waals surface area contributed by atoms with Crippen molar-refractivity contribution in [3.8, 4) is 0 Å². The number of unbranched alkanes of at least 4 members (excludes halogenated alkanes) is 1. The summed E-state index contributed by atoms with van der Waals surface area (Å²) in [6.45, 7) is 30.2. The molecule has 10 heteroatoms. The summed E-state index contributed by atoms with van der Waals surface area (Å²) in [6, 6.07) is 0. The molecule has 8 atom stereocenters. The Hall–Kier alpha value is -0.0700. The van der Waals surface area contributed by atoms with E-state index in [2.05, 4.69) is 69.2 Å². The lowest BCUT2D eigenvalue weighted by atomic mass is 9.91. The van der Waals surface area contributed by atoms with Crippen LogP contribution in [0, 0.1) is 47.3 Å². The second-order valence-corrected chi connectivity index (χ2v) is 25.6. The maximum Gasteiger partial charge on any atom is 0.305 e. The molecule has 69 heavy (non-hydrogen) atoms. The van der Waals surface area contributed by atoms with E-state index in [0.717, 1.165) is 79.7 Å². The van der Waals surface area contributed by atoms with Crippen molar-refractivity contribution < 1.29 is 38.0 Å². The molecule has 0 aliphatic carbocycles. The molecule has 0 N–H and O–H groups in total.